The zero-order valence-electron chi connectivity index (χ0n) is 15.9. The predicted molar refractivity (Wildman–Crippen MR) is 106 cm³/mol. The molecule has 2 aromatic carbocycles. The molecule has 0 radical (unpaired) electrons. The van der Waals surface area contributed by atoms with Crippen LogP contribution in [0.2, 0.25) is 0 Å². The van der Waals surface area contributed by atoms with E-state index < -0.39 is 5.92 Å². The highest BCUT2D eigenvalue weighted by atomic mass is 16.5. The molecular weight excluding hydrogens is 340 g/mol. The summed E-state index contributed by atoms with van der Waals surface area (Å²) < 4.78 is 5.78. The van der Waals surface area contributed by atoms with Gasteiger partial charge in [0.1, 0.15) is 18.3 Å². The molecule has 1 saturated heterocycles. The number of amides is 2. The number of rotatable bonds is 7. The normalized spacial score (nSPS) is 17.6. The lowest BCUT2D eigenvalue weighted by molar-refractivity contribution is -0.132. The van der Waals surface area contributed by atoms with Crippen LogP contribution < -0.4 is 15.0 Å². The van der Waals surface area contributed by atoms with Crippen molar-refractivity contribution in [2.45, 2.75) is 39.3 Å². The minimum Gasteiger partial charge on any atom is -0.489 e. The van der Waals surface area contributed by atoms with Crippen molar-refractivity contribution in [3.05, 3.63) is 60.2 Å². The molecule has 1 N–H and O–H groups in total. The van der Waals surface area contributed by atoms with Crippen molar-refractivity contribution in [3.8, 4) is 5.75 Å². The van der Waals surface area contributed by atoms with Crippen molar-refractivity contribution < 1.29 is 14.3 Å². The zero-order valence-corrected chi connectivity index (χ0v) is 15.9. The topological polar surface area (TPSA) is 58.6 Å². The van der Waals surface area contributed by atoms with Gasteiger partial charge in [0.2, 0.25) is 11.8 Å². The maximum atomic E-state index is 12.6. The first-order chi connectivity index (χ1) is 13.1. The van der Waals surface area contributed by atoms with Crippen LogP contribution in [0.1, 0.15) is 32.3 Å². The van der Waals surface area contributed by atoms with Crippen molar-refractivity contribution in [1.82, 2.24) is 5.32 Å². The third kappa shape index (κ3) is 4.67. The first kappa shape index (κ1) is 19.0. The molecule has 1 heterocycles. The smallest absolute Gasteiger partial charge is 0.239 e. The summed E-state index contributed by atoms with van der Waals surface area (Å²) >= 11 is 0. The third-order valence-electron chi connectivity index (χ3n) is 4.92. The highest BCUT2D eigenvalue weighted by Crippen LogP contribution is 2.27. The molecule has 5 nitrogen and oxygen atoms in total. The summed E-state index contributed by atoms with van der Waals surface area (Å²) in [4.78, 5) is 26.6. The van der Waals surface area contributed by atoms with Crippen LogP contribution in [0.25, 0.3) is 0 Å². The Kier molecular flexibility index (Phi) is 6.12. The van der Waals surface area contributed by atoms with Crippen molar-refractivity contribution in [1.29, 1.82) is 0 Å². The molecule has 2 atom stereocenters. The largest absolute Gasteiger partial charge is 0.489 e. The summed E-state index contributed by atoms with van der Waals surface area (Å²) in [7, 11) is 0. The molecule has 142 valence electrons. The van der Waals surface area contributed by atoms with Gasteiger partial charge in [0.15, 0.2) is 0 Å². The van der Waals surface area contributed by atoms with Gasteiger partial charge >= 0.3 is 0 Å². The Morgan fingerprint density at radius 2 is 1.89 bits per heavy atom. The third-order valence-corrected chi connectivity index (χ3v) is 4.92. The Labute approximate surface area is 160 Å². The van der Waals surface area contributed by atoms with Gasteiger partial charge in [-0.05, 0) is 49.6 Å². The van der Waals surface area contributed by atoms with Gasteiger partial charge in [-0.3, -0.25) is 9.59 Å². The lowest BCUT2D eigenvalue weighted by atomic mass is 10.1. The highest BCUT2D eigenvalue weighted by Gasteiger charge is 2.37. The molecule has 1 aliphatic heterocycles. The van der Waals surface area contributed by atoms with Crippen LogP contribution in [0.15, 0.2) is 54.6 Å². The number of carbonyl (C=O) groups excluding carboxylic acids is 2. The quantitative estimate of drug-likeness (QED) is 0.763. The second kappa shape index (κ2) is 8.71. The monoisotopic (exact) mass is 366 g/mol. The maximum absolute atomic E-state index is 12.6. The lowest BCUT2D eigenvalue weighted by Crippen LogP contribution is -2.40. The summed E-state index contributed by atoms with van der Waals surface area (Å²) in [5, 5.41) is 2.91. The molecule has 2 amide bonds. The number of carbonyl (C=O) groups is 2. The molecule has 0 aromatic heterocycles. The molecule has 27 heavy (non-hydrogen) atoms. The second-order valence-electron chi connectivity index (χ2n) is 6.92. The van der Waals surface area contributed by atoms with Crippen LogP contribution in [-0.4, -0.2) is 24.4 Å². The van der Waals surface area contributed by atoms with E-state index in [-0.39, 0.29) is 17.9 Å². The molecule has 0 saturated carbocycles. The molecule has 2 unspecified atom stereocenters. The number of nitrogens with zero attached hydrogens (tertiary/aromatic N) is 1. The highest BCUT2D eigenvalue weighted by molar-refractivity contribution is 6.09. The van der Waals surface area contributed by atoms with Gasteiger partial charge in [0.25, 0.3) is 0 Å². The lowest BCUT2D eigenvalue weighted by Gasteiger charge is -2.18. The van der Waals surface area contributed by atoms with E-state index in [1.807, 2.05) is 68.4 Å². The van der Waals surface area contributed by atoms with Crippen LogP contribution in [0, 0.1) is 5.92 Å². The van der Waals surface area contributed by atoms with E-state index in [9.17, 15) is 9.59 Å². The van der Waals surface area contributed by atoms with Crippen molar-refractivity contribution in [2.24, 2.45) is 5.92 Å². The van der Waals surface area contributed by atoms with Gasteiger partial charge in [0.05, 0.1) is 0 Å². The summed E-state index contributed by atoms with van der Waals surface area (Å²) in [6.45, 7) is 5.01. The first-order valence-electron chi connectivity index (χ1n) is 9.47. The summed E-state index contributed by atoms with van der Waals surface area (Å²) in [5.41, 5.74) is 1.90. The fourth-order valence-electron chi connectivity index (χ4n) is 3.09. The average molecular weight is 366 g/mol. The molecule has 0 aliphatic carbocycles. The van der Waals surface area contributed by atoms with Crippen molar-refractivity contribution >= 4 is 17.5 Å². The van der Waals surface area contributed by atoms with E-state index in [0.29, 0.717) is 19.6 Å². The Hall–Kier alpha value is -2.82. The minimum absolute atomic E-state index is 0.0837. The molecule has 1 aliphatic rings. The van der Waals surface area contributed by atoms with Gasteiger partial charge in [-0.25, -0.2) is 0 Å². The Morgan fingerprint density at radius 1 is 1.19 bits per heavy atom. The van der Waals surface area contributed by atoms with Gasteiger partial charge in [-0.1, -0.05) is 37.3 Å². The minimum atomic E-state index is -0.590. The summed E-state index contributed by atoms with van der Waals surface area (Å²) in [5.74, 6) is -0.137. The number of benzene rings is 2. The van der Waals surface area contributed by atoms with Gasteiger partial charge in [-0.2, -0.15) is 0 Å². The molecule has 0 bridgehead atoms. The van der Waals surface area contributed by atoms with Crippen molar-refractivity contribution in [3.63, 3.8) is 0 Å². The van der Waals surface area contributed by atoms with E-state index in [1.54, 1.807) is 4.90 Å². The molecule has 2 aromatic rings. The number of hydrogen-bond donors (Lipinski definition) is 1. The number of hydrogen-bond acceptors (Lipinski definition) is 3. The second-order valence-corrected chi connectivity index (χ2v) is 6.92. The van der Waals surface area contributed by atoms with Crippen LogP contribution in [0.4, 0.5) is 5.69 Å². The van der Waals surface area contributed by atoms with Gasteiger partial charge in [-0.15, -0.1) is 0 Å². The van der Waals surface area contributed by atoms with Gasteiger partial charge < -0.3 is 15.0 Å². The zero-order chi connectivity index (χ0) is 19.2. The summed E-state index contributed by atoms with van der Waals surface area (Å²) in [6, 6.07) is 17.5. The van der Waals surface area contributed by atoms with E-state index in [0.717, 1.165) is 23.4 Å². The van der Waals surface area contributed by atoms with E-state index in [4.69, 9.17) is 4.74 Å². The van der Waals surface area contributed by atoms with E-state index in [2.05, 4.69) is 5.32 Å². The molecule has 5 heteroatoms. The van der Waals surface area contributed by atoms with Crippen LogP contribution in [0.5, 0.6) is 5.75 Å². The van der Waals surface area contributed by atoms with Gasteiger partial charge in [0, 0.05) is 18.3 Å². The fourth-order valence-corrected chi connectivity index (χ4v) is 3.09. The molecule has 3 rings (SSSR count). The molecule has 1 fully saturated rings. The standard InChI is InChI=1S/C22H26N2O3/c1-3-16(2)23-21(25)20-13-14-24(22(20)26)18-9-11-19(12-10-18)27-15-17-7-5-4-6-8-17/h4-12,16,20H,3,13-15H2,1-2H3,(H,23,25). The van der Waals surface area contributed by atoms with Crippen LogP contribution in [-0.2, 0) is 16.2 Å². The average Bonchev–Trinajstić information content (AvgIpc) is 3.09. The van der Waals surface area contributed by atoms with Crippen LogP contribution in [0.3, 0.4) is 0 Å². The van der Waals surface area contributed by atoms with E-state index in [1.165, 1.54) is 0 Å². The Balaban J connectivity index is 1.58. The number of nitrogens with one attached hydrogen (secondary N) is 1. The predicted octanol–water partition coefficient (Wildman–Crippen LogP) is 3.53. The Morgan fingerprint density at radius 3 is 2.56 bits per heavy atom. The first-order valence-corrected chi connectivity index (χ1v) is 9.47. The Bertz CT molecular complexity index is 774. The number of anilines is 1. The fraction of sp³-hybridized carbons (Fsp3) is 0.364. The SMILES string of the molecule is CCC(C)NC(=O)C1CCN(c2ccc(OCc3ccccc3)cc2)C1=O. The summed E-state index contributed by atoms with van der Waals surface area (Å²) in [6.07, 6.45) is 1.40. The van der Waals surface area contributed by atoms with Crippen LogP contribution >= 0.6 is 0 Å². The molecular formula is C22H26N2O3. The number of ether oxygens (including phenoxy) is 1. The van der Waals surface area contributed by atoms with E-state index >= 15 is 0 Å². The van der Waals surface area contributed by atoms with Crippen molar-refractivity contribution in [2.75, 3.05) is 11.4 Å². The molecule has 0 spiro atoms. The maximum Gasteiger partial charge on any atom is 0.239 e.